The molecule has 66 heavy (non-hydrogen) atoms. The third kappa shape index (κ3) is 10.8. The lowest BCUT2D eigenvalue weighted by molar-refractivity contribution is -0.190. The molecular weight excluding hydrogens is 994 g/mol. The predicted molar refractivity (Wildman–Crippen MR) is 238 cm³/mol. The molecule has 0 radical (unpaired) electrons. The second-order valence-corrected chi connectivity index (χ2v) is 23.7. The molecule has 2 aliphatic heterocycles. The molecule has 0 bridgehead atoms. The smallest absolute Gasteiger partial charge is 0.280 e. The van der Waals surface area contributed by atoms with E-state index in [-0.39, 0.29) is 66.2 Å². The van der Waals surface area contributed by atoms with Crippen LogP contribution in [0.3, 0.4) is 0 Å². The fourth-order valence-corrected chi connectivity index (χ4v) is 11.1. The number of nitrogen functional groups attached to an aromatic ring is 3. The summed E-state index contributed by atoms with van der Waals surface area (Å²) in [7, 11) is 1.37. The van der Waals surface area contributed by atoms with Crippen LogP contribution in [0.15, 0.2) is 34.9 Å². The summed E-state index contributed by atoms with van der Waals surface area (Å²) in [5.74, 6) is -0.205. The highest BCUT2D eigenvalue weighted by Crippen LogP contribution is 2.46. The Morgan fingerprint density at radius 3 is 2.08 bits per heavy atom. The lowest BCUT2D eigenvalue weighted by Crippen LogP contribution is -2.41. The van der Waals surface area contributed by atoms with Gasteiger partial charge in [0, 0.05) is 24.9 Å². The number of aliphatic hydroxyl groups is 1. The van der Waals surface area contributed by atoms with E-state index < -0.39 is 93.8 Å². The molecule has 6 aromatic heterocycles. The van der Waals surface area contributed by atoms with Crippen molar-refractivity contribution < 1.29 is 47.2 Å². The average Bonchev–Trinajstić information content (AvgIpc) is 4.10. The van der Waals surface area contributed by atoms with Gasteiger partial charge in [-0.1, -0.05) is 23.6 Å². The fourth-order valence-electron chi connectivity index (χ4n) is 7.09. The van der Waals surface area contributed by atoms with Crippen LogP contribution >= 0.6 is 20.0 Å². The van der Waals surface area contributed by atoms with Crippen molar-refractivity contribution in [1.29, 1.82) is 0 Å². The number of aromatic amines is 2. The third-order valence-electron chi connectivity index (χ3n) is 10.2. The van der Waals surface area contributed by atoms with Gasteiger partial charge in [0.25, 0.3) is 11.1 Å². The van der Waals surface area contributed by atoms with Gasteiger partial charge in [0.05, 0.1) is 70.9 Å². The molecule has 36 heteroatoms. The molecule has 0 aromatic carbocycles. The largest absolute Gasteiger partial charge is 0.789 e. The quantitative estimate of drug-likeness (QED) is 0.0268. The lowest BCUT2D eigenvalue weighted by atomic mass is 10.1. The molecule has 10 atom stereocenters. The van der Waals surface area contributed by atoms with E-state index >= 15 is 0 Å². The van der Waals surface area contributed by atoms with Gasteiger partial charge in [-0.3, -0.25) is 48.5 Å². The zero-order valence-electron chi connectivity index (χ0n) is 34.0. The topological polar surface area (TPSA) is 424 Å². The zero-order valence-corrected chi connectivity index (χ0v) is 39.1. The second kappa shape index (κ2) is 19.6. The first-order chi connectivity index (χ1) is 31.3. The number of aromatic nitrogens is 12. The number of rotatable bonds is 20. The molecule has 358 valence electrons. The summed E-state index contributed by atoms with van der Waals surface area (Å²) in [6, 6.07) is -1.83. The van der Waals surface area contributed by atoms with E-state index in [0.717, 1.165) is 0 Å². The van der Waals surface area contributed by atoms with E-state index in [0.29, 0.717) is 11.2 Å². The summed E-state index contributed by atoms with van der Waals surface area (Å²) in [5, 5.41) is 18.1. The van der Waals surface area contributed by atoms with Crippen molar-refractivity contribution in [1.82, 2.24) is 73.8 Å². The number of nitrogens with one attached hydrogen (secondary N) is 5. The average molecular weight is 1030 g/mol. The van der Waals surface area contributed by atoms with E-state index in [9.17, 15) is 29.0 Å². The number of H-pyrrole nitrogens is 2. The molecule has 12 N–H and O–H groups in total. The molecule has 30 nitrogen and oxygen atoms in total. The van der Waals surface area contributed by atoms with Crippen molar-refractivity contribution in [3.63, 3.8) is 0 Å². The van der Waals surface area contributed by atoms with Crippen LogP contribution in [0.5, 0.6) is 0 Å². The first-order valence-electron chi connectivity index (χ1n) is 19.3. The Kier molecular flexibility index (Phi) is 14.4. The monoisotopic (exact) mass is 1030 g/mol. The molecule has 0 amide bonds. The molecule has 8 heterocycles. The maximum Gasteiger partial charge on any atom is 0.280 e. The molecule has 2 fully saturated rings. The summed E-state index contributed by atoms with van der Waals surface area (Å²) in [6.07, 6.45) is 0.477. The van der Waals surface area contributed by atoms with Crippen LogP contribution in [0.4, 0.5) is 17.7 Å². The summed E-state index contributed by atoms with van der Waals surface area (Å²) in [4.78, 5) is 84.8. The Balaban J connectivity index is 0.969. The van der Waals surface area contributed by atoms with Crippen LogP contribution in [0, 0.1) is 0 Å². The molecule has 6 aromatic rings. The van der Waals surface area contributed by atoms with Gasteiger partial charge in [-0.05, 0) is 7.05 Å². The Morgan fingerprint density at radius 2 is 1.42 bits per heavy atom. The Labute approximate surface area is 385 Å². The summed E-state index contributed by atoms with van der Waals surface area (Å²) >= 11 is 15.8. The van der Waals surface area contributed by atoms with Gasteiger partial charge < -0.3 is 76.7 Å². The number of hydrogen-bond acceptors (Lipinski definition) is 25. The van der Waals surface area contributed by atoms with E-state index in [1.807, 2.05) is 0 Å². The van der Waals surface area contributed by atoms with Crippen LogP contribution in [-0.2, 0) is 74.9 Å². The van der Waals surface area contributed by atoms with Crippen LogP contribution < -0.4 is 53.4 Å². The van der Waals surface area contributed by atoms with Crippen LogP contribution in [0.25, 0.3) is 33.5 Å². The highest BCUT2D eigenvalue weighted by Gasteiger charge is 2.41. The van der Waals surface area contributed by atoms with Crippen molar-refractivity contribution in [3.8, 4) is 0 Å². The van der Waals surface area contributed by atoms with E-state index in [1.165, 1.54) is 41.5 Å². The van der Waals surface area contributed by atoms with Gasteiger partial charge in [0.1, 0.15) is 43.9 Å². The number of aliphatic hydroxyl groups excluding tert-OH is 1. The number of imidazole rings is 3. The Morgan fingerprint density at radius 1 is 0.848 bits per heavy atom. The molecular formula is C30H40N18O12P3S3-3. The second-order valence-electron chi connectivity index (χ2n) is 14.6. The number of hydrogen-bond donors (Lipinski definition) is 9. The zero-order chi connectivity index (χ0) is 47.1. The Bertz CT molecular complexity index is 3010. The minimum absolute atomic E-state index is 0.00420. The van der Waals surface area contributed by atoms with Crippen LogP contribution in [0.2, 0.25) is 0 Å². The van der Waals surface area contributed by atoms with Gasteiger partial charge in [-0.2, -0.15) is 9.97 Å². The standard InChI is InChI=1S/C30H43N18O12P3S3/c1-34-61(52,64)57-6-16-14(2-18(59-16)47-10-38-20-23(31)35-8-36-24(20)47)45-63(54,66)58-7-17-15(3-19(60-17)48-11-39-22-26(48)41-30(33)43-28(22)51)44-62(53,65)56-5-13(4-49)55-12-46-9-37-21-25(46)40-29(32)42-27(21)50/h8-11,13-19,49H,2-7,12H2,1H3,(H2,31,35,36)(H2,34,52,64)(H2,44,53,65)(H2,45,54,66)(H3,32,40,42,50)(H3,33,41,43,51)/p-3. The molecule has 0 saturated carbocycles. The summed E-state index contributed by atoms with van der Waals surface area (Å²) in [5.41, 5.74) is 17.1. The van der Waals surface area contributed by atoms with Crippen molar-refractivity contribution in [3.05, 3.63) is 46.0 Å². The number of anilines is 3. The number of nitrogens with zero attached hydrogens (tertiary/aromatic N) is 10. The first-order valence-corrected chi connectivity index (χ1v) is 27.2. The minimum atomic E-state index is -4.24. The summed E-state index contributed by atoms with van der Waals surface area (Å²) in [6.45, 7) is -14.3. The normalized spacial score (nSPS) is 24.5. The van der Waals surface area contributed by atoms with Crippen LogP contribution in [-0.4, -0.2) is 128 Å². The number of ether oxygens (including phenoxy) is 3. The summed E-state index contributed by atoms with van der Waals surface area (Å²) < 4.78 is 53.7. The SMILES string of the molecule is CNP([O-])(=S)OCC1OC(n2cnc3c(N)ncnc32)CC1NP(=O)([S-])OCC1OC(n2cnc3c(=O)[nH]c(N)nc32)CC1NP([O-])(=S)OCC(CO)OCn1cnc2c(=O)[nH]c(N)nc21. The molecule has 10 unspecified atom stereocenters. The Hall–Kier alpha value is -3.95. The van der Waals surface area contributed by atoms with Crippen molar-refractivity contribution >= 4 is 107 Å². The van der Waals surface area contributed by atoms with Gasteiger partial charge in [0.2, 0.25) is 11.9 Å². The first kappa shape index (κ1) is 48.5. The van der Waals surface area contributed by atoms with E-state index in [1.54, 1.807) is 4.57 Å². The van der Waals surface area contributed by atoms with Gasteiger partial charge >= 0.3 is 0 Å². The number of nitrogens with two attached hydrogens (primary N) is 3. The lowest BCUT2D eigenvalue weighted by Gasteiger charge is -2.35. The van der Waals surface area contributed by atoms with Crippen molar-refractivity contribution in [2.75, 3.05) is 50.7 Å². The highest BCUT2D eigenvalue weighted by atomic mass is 32.7. The number of fused-ring (bicyclic) bond motifs is 3. The highest BCUT2D eigenvalue weighted by molar-refractivity contribution is 8.33. The predicted octanol–water partition coefficient (Wildman–Crippen LogP) is -3.24. The van der Waals surface area contributed by atoms with E-state index in [4.69, 9.17) is 80.8 Å². The third-order valence-corrected chi connectivity index (χ3v) is 15.7. The van der Waals surface area contributed by atoms with Crippen molar-refractivity contribution in [2.45, 2.75) is 62.4 Å². The van der Waals surface area contributed by atoms with Gasteiger partial charge in [-0.15, -0.1) is 0 Å². The molecule has 0 spiro atoms. The molecule has 2 aliphatic rings. The molecule has 2 saturated heterocycles. The van der Waals surface area contributed by atoms with Crippen LogP contribution in [0.1, 0.15) is 25.3 Å². The maximum atomic E-state index is 14.1. The van der Waals surface area contributed by atoms with Gasteiger partial charge in [0.15, 0.2) is 33.8 Å². The molecule has 0 aliphatic carbocycles. The minimum Gasteiger partial charge on any atom is -0.789 e. The maximum absolute atomic E-state index is 14.1. The fraction of sp³-hybridized carbons (Fsp3) is 0.500. The van der Waals surface area contributed by atoms with Gasteiger partial charge in [-0.25, -0.2) is 24.9 Å². The van der Waals surface area contributed by atoms with E-state index in [2.05, 4.69) is 60.1 Å². The molecule has 8 rings (SSSR count). The van der Waals surface area contributed by atoms with Crippen molar-refractivity contribution in [2.24, 2.45) is 0 Å².